The largest absolute Gasteiger partial charge is 0.457 e. The zero-order valence-electron chi connectivity index (χ0n) is 14.1. The van der Waals surface area contributed by atoms with E-state index in [4.69, 9.17) is 16.3 Å². The summed E-state index contributed by atoms with van der Waals surface area (Å²) in [6.07, 6.45) is -0.206. The SMILES string of the molecule is O=C(CCC(=O)c1ccc(Cl)cc1)OCc1nc2ccccc2n1C(F)F. The molecule has 0 bridgehead atoms. The first-order valence-corrected chi connectivity index (χ1v) is 8.52. The van der Waals surface area contributed by atoms with Crippen LogP contribution in [0.2, 0.25) is 5.02 Å². The molecule has 0 unspecified atom stereocenters. The monoisotopic (exact) mass is 392 g/mol. The Kier molecular flexibility index (Phi) is 5.81. The maximum absolute atomic E-state index is 13.3. The first kappa shape index (κ1) is 19.0. The van der Waals surface area contributed by atoms with E-state index in [1.54, 1.807) is 42.5 Å². The van der Waals surface area contributed by atoms with Crippen LogP contribution in [-0.2, 0) is 16.1 Å². The molecule has 5 nitrogen and oxygen atoms in total. The van der Waals surface area contributed by atoms with E-state index in [2.05, 4.69) is 4.98 Å². The average molecular weight is 393 g/mol. The Morgan fingerprint density at radius 3 is 2.48 bits per heavy atom. The molecular formula is C19H15ClF2N2O3. The van der Waals surface area contributed by atoms with Crippen molar-refractivity contribution < 1.29 is 23.1 Å². The number of nitrogens with zero attached hydrogens (tertiary/aromatic N) is 2. The number of ketones is 1. The predicted molar refractivity (Wildman–Crippen MR) is 95.8 cm³/mol. The lowest BCUT2D eigenvalue weighted by atomic mass is 10.1. The quantitative estimate of drug-likeness (QED) is 0.428. The molecule has 140 valence electrons. The van der Waals surface area contributed by atoms with Crippen LogP contribution in [-0.4, -0.2) is 21.3 Å². The Balaban J connectivity index is 1.59. The van der Waals surface area contributed by atoms with E-state index in [0.717, 1.165) is 4.57 Å². The first-order valence-electron chi connectivity index (χ1n) is 8.14. The van der Waals surface area contributed by atoms with Gasteiger partial charge in [-0.15, -0.1) is 0 Å². The van der Waals surface area contributed by atoms with Gasteiger partial charge in [0.1, 0.15) is 6.61 Å². The van der Waals surface area contributed by atoms with Gasteiger partial charge in [0.2, 0.25) is 0 Å². The maximum atomic E-state index is 13.3. The van der Waals surface area contributed by atoms with Crippen LogP contribution < -0.4 is 0 Å². The molecule has 1 aromatic heterocycles. The van der Waals surface area contributed by atoms with Crippen LogP contribution in [0.4, 0.5) is 8.78 Å². The third-order valence-corrected chi connectivity index (χ3v) is 4.20. The topological polar surface area (TPSA) is 61.2 Å². The van der Waals surface area contributed by atoms with Crippen molar-refractivity contribution in [2.24, 2.45) is 0 Å². The number of carbonyl (C=O) groups is 2. The van der Waals surface area contributed by atoms with Crippen LogP contribution in [0.15, 0.2) is 48.5 Å². The fourth-order valence-electron chi connectivity index (χ4n) is 2.63. The first-order chi connectivity index (χ1) is 13.0. The van der Waals surface area contributed by atoms with E-state index >= 15 is 0 Å². The molecule has 1 heterocycles. The molecule has 2 aromatic carbocycles. The van der Waals surface area contributed by atoms with E-state index in [1.807, 2.05) is 0 Å². The number of alkyl halides is 2. The molecule has 0 aliphatic heterocycles. The normalized spacial score (nSPS) is 11.1. The van der Waals surface area contributed by atoms with Crippen molar-refractivity contribution in [3.05, 3.63) is 64.9 Å². The molecule has 0 saturated heterocycles. The lowest BCUT2D eigenvalue weighted by Crippen LogP contribution is -2.11. The molecule has 0 atom stereocenters. The van der Waals surface area contributed by atoms with Gasteiger partial charge in [0.05, 0.1) is 17.5 Å². The minimum absolute atomic E-state index is 0.0499. The molecule has 0 aliphatic rings. The van der Waals surface area contributed by atoms with Crippen LogP contribution in [0.3, 0.4) is 0 Å². The molecule has 0 saturated carbocycles. The van der Waals surface area contributed by atoms with Crippen molar-refractivity contribution in [1.29, 1.82) is 0 Å². The van der Waals surface area contributed by atoms with E-state index in [-0.39, 0.29) is 30.0 Å². The van der Waals surface area contributed by atoms with Crippen molar-refractivity contribution in [2.45, 2.75) is 26.0 Å². The Morgan fingerprint density at radius 2 is 1.78 bits per heavy atom. The zero-order chi connectivity index (χ0) is 19.4. The highest BCUT2D eigenvalue weighted by molar-refractivity contribution is 6.30. The molecule has 0 fully saturated rings. The van der Waals surface area contributed by atoms with Gasteiger partial charge < -0.3 is 4.74 Å². The van der Waals surface area contributed by atoms with E-state index < -0.39 is 19.1 Å². The Hall–Kier alpha value is -2.80. The lowest BCUT2D eigenvalue weighted by Gasteiger charge is -2.08. The fraction of sp³-hybridized carbons (Fsp3) is 0.211. The number of fused-ring (bicyclic) bond motifs is 1. The number of benzene rings is 2. The van der Waals surface area contributed by atoms with Gasteiger partial charge in [-0.2, -0.15) is 8.78 Å². The molecule has 3 rings (SSSR count). The smallest absolute Gasteiger partial charge is 0.320 e. The van der Waals surface area contributed by atoms with Crippen molar-refractivity contribution in [2.75, 3.05) is 0 Å². The minimum Gasteiger partial charge on any atom is -0.457 e. The predicted octanol–water partition coefficient (Wildman–Crippen LogP) is 4.79. The summed E-state index contributed by atoms with van der Waals surface area (Å²) in [5.74, 6) is -0.947. The van der Waals surface area contributed by atoms with Crippen LogP contribution in [0.5, 0.6) is 0 Å². The Labute approximate surface area is 158 Å². The minimum atomic E-state index is -2.81. The van der Waals surface area contributed by atoms with Crippen LogP contribution in [0, 0.1) is 0 Å². The molecule has 3 aromatic rings. The third kappa shape index (κ3) is 4.49. The maximum Gasteiger partial charge on any atom is 0.320 e. The number of rotatable bonds is 7. The van der Waals surface area contributed by atoms with Gasteiger partial charge in [-0.25, -0.2) is 4.98 Å². The van der Waals surface area contributed by atoms with Gasteiger partial charge in [0.25, 0.3) is 0 Å². The van der Waals surface area contributed by atoms with Crippen molar-refractivity contribution in [3.63, 3.8) is 0 Å². The lowest BCUT2D eigenvalue weighted by molar-refractivity contribution is -0.145. The van der Waals surface area contributed by atoms with Crippen LogP contribution >= 0.6 is 11.6 Å². The number of esters is 1. The summed E-state index contributed by atoms with van der Waals surface area (Å²) in [7, 11) is 0. The fourth-order valence-corrected chi connectivity index (χ4v) is 2.75. The van der Waals surface area contributed by atoms with E-state index in [0.29, 0.717) is 16.1 Å². The molecule has 0 radical (unpaired) electrons. The number of halogens is 3. The summed E-state index contributed by atoms with van der Waals surface area (Å²) >= 11 is 5.76. The zero-order valence-corrected chi connectivity index (χ0v) is 14.8. The molecule has 27 heavy (non-hydrogen) atoms. The summed E-state index contributed by atoms with van der Waals surface area (Å²) in [6, 6.07) is 12.7. The van der Waals surface area contributed by atoms with Gasteiger partial charge in [-0.3, -0.25) is 14.2 Å². The Bertz CT molecular complexity index is 971. The number of hydrogen-bond acceptors (Lipinski definition) is 4. The van der Waals surface area contributed by atoms with Crippen molar-refractivity contribution in [3.8, 4) is 0 Å². The van der Waals surface area contributed by atoms with E-state index in [9.17, 15) is 18.4 Å². The standard InChI is InChI=1S/C19H15ClF2N2O3/c20-13-7-5-12(6-8-13)16(25)9-10-18(26)27-11-17-23-14-3-1-2-4-15(14)24(17)19(21)22/h1-8,19H,9-11H2. The van der Waals surface area contributed by atoms with Gasteiger partial charge >= 0.3 is 12.5 Å². The van der Waals surface area contributed by atoms with Crippen molar-refractivity contribution in [1.82, 2.24) is 9.55 Å². The van der Waals surface area contributed by atoms with Gasteiger partial charge in [0, 0.05) is 17.0 Å². The van der Waals surface area contributed by atoms with Gasteiger partial charge in [-0.1, -0.05) is 23.7 Å². The highest BCUT2D eigenvalue weighted by Crippen LogP contribution is 2.23. The van der Waals surface area contributed by atoms with E-state index in [1.165, 1.54) is 6.07 Å². The van der Waals surface area contributed by atoms with Gasteiger partial charge in [-0.05, 0) is 36.4 Å². The summed E-state index contributed by atoms with van der Waals surface area (Å²) in [6.45, 7) is -3.20. The van der Waals surface area contributed by atoms with Crippen LogP contribution in [0.1, 0.15) is 35.6 Å². The molecule has 8 heteroatoms. The second kappa shape index (κ2) is 8.26. The Morgan fingerprint density at radius 1 is 1.07 bits per heavy atom. The summed E-state index contributed by atoms with van der Waals surface area (Å²) in [4.78, 5) is 28.0. The second-order valence-corrected chi connectivity index (χ2v) is 6.19. The number of carbonyl (C=O) groups excluding carboxylic acids is 2. The molecule has 0 spiro atoms. The molecular weight excluding hydrogens is 378 g/mol. The highest BCUT2D eigenvalue weighted by atomic mass is 35.5. The van der Waals surface area contributed by atoms with Crippen molar-refractivity contribution >= 4 is 34.4 Å². The summed E-state index contributed by atoms with van der Waals surface area (Å²) < 4.78 is 32.4. The summed E-state index contributed by atoms with van der Waals surface area (Å²) in [5, 5.41) is 0.507. The number of aromatic nitrogens is 2. The second-order valence-electron chi connectivity index (χ2n) is 5.76. The molecule has 0 amide bonds. The molecule has 0 N–H and O–H groups in total. The number of Topliss-reactive ketones (excluding diaryl/α,β-unsaturated/α-hetero) is 1. The average Bonchev–Trinajstić information content (AvgIpc) is 3.03. The summed E-state index contributed by atoms with van der Waals surface area (Å²) in [5.41, 5.74) is 1.09. The highest BCUT2D eigenvalue weighted by Gasteiger charge is 2.19. The third-order valence-electron chi connectivity index (χ3n) is 3.95. The van der Waals surface area contributed by atoms with Gasteiger partial charge in [0.15, 0.2) is 11.6 Å². The number of para-hydroxylation sites is 2. The number of ether oxygens (including phenoxy) is 1. The van der Waals surface area contributed by atoms with Crippen LogP contribution in [0.25, 0.3) is 11.0 Å². The number of hydrogen-bond donors (Lipinski definition) is 0. The molecule has 0 aliphatic carbocycles. The number of imidazole rings is 1.